The van der Waals surface area contributed by atoms with Crippen LogP contribution in [-0.4, -0.2) is 31.4 Å². The molecule has 16 heavy (non-hydrogen) atoms. The smallest absolute Gasteiger partial charge is 0.136 e. The molecule has 1 aromatic rings. The van der Waals surface area contributed by atoms with Crippen LogP contribution in [0.5, 0.6) is 5.75 Å². The summed E-state index contributed by atoms with van der Waals surface area (Å²) in [7, 11) is 0. The summed E-state index contributed by atoms with van der Waals surface area (Å²) in [6.45, 7) is 6.20. The lowest BCUT2D eigenvalue weighted by Gasteiger charge is -2.12. The van der Waals surface area contributed by atoms with Crippen molar-refractivity contribution in [3.8, 4) is 5.75 Å². The average Bonchev–Trinajstić information content (AvgIpc) is 2.20. The molecule has 0 fully saturated rings. The first-order chi connectivity index (χ1) is 7.65. The first-order valence-electron chi connectivity index (χ1n) is 5.36. The maximum absolute atomic E-state index is 8.59. The van der Waals surface area contributed by atoms with Gasteiger partial charge < -0.3 is 15.2 Å². The minimum absolute atomic E-state index is 0.160. The van der Waals surface area contributed by atoms with E-state index in [0.29, 0.717) is 13.2 Å². The van der Waals surface area contributed by atoms with E-state index in [-0.39, 0.29) is 6.61 Å². The molecule has 0 heterocycles. The van der Waals surface area contributed by atoms with Gasteiger partial charge in [-0.2, -0.15) is 0 Å². The summed E-state index contributed by atoms with van der Waals surface area (Å²) in [6.07, 6.45) is 0. The van der Waals surface area contributed by atoms with Crippen molar-refractivity contribution in [2.75, 3.05) is 26.3 Å². The van der Waals surface area contributed by atoms with E-state index in [1.54, 1.807) is 0 Å². The third-order valence-electron chi connectivity index (χ3n) is 2.19. The molecule has 0 bridgehead atoms. The number of hydrogen-bond donors (Lipinski definition) is 2. The second-order valence-electron chi connectivity index (χ2n) is 3.71. The SMILES string of the molecule is Cc1cc(C)c(OCCNCCO)c(Br)c1. The fourth-order valence-electron chi connectivity index (χ4n) is 1.51. The Morgan fingerprint density at radius 1 is 1.31 bits per heavy atom. The first-order valence-corrected chi connectivity index (χ1v) is 6.15. The van der Waals surface area contributed by atoms with Crippen molar-refractivity contribution in [1.82, 2.24) is 5.32 Å². The topological polar surface area (TPSA) is 41.5 Å². The number of nitrogens with one attached hydrogen (secondary N) is 1. The van der Waals surface area contributed by atoms with Crippen LogP contribution >= 0.6 is 15.9 Å². The minimum atomic E-state index is 0.160. The van der Waals surface area contributed by atoms with E-state index in [0.717, 1.165) is 22.3 Å². The van der Waals surface area contributed by atoms with E-state index in [1.807, 2.05) is 13.0 Å². The lowest BCUT2D eigenvalue weighted by molar-refractivity contribution is 0.275. The average molecular weight is 288 g/mol. The fourth-order valence-corrected chi connectivity index (χ4v) is 2.30. The van der Waals surface area contributed by atoms with E-state index in [9.17, 15) is 0 Å². The molecule has 0 aliphatic rings. The number of benzene rings is 1. The van der Waals surface area contributed by atoms with Gasteiger partial charge in [0.25, 0.3) is 0 Å². The Labute approximate surface area is 105 Å². The summed E-state index contributed by atoms with van der Waals surface area (Å²) in [5, 5.41) is 11.7. The van der Waals surface area contributed by atoms with Gasteiger partial charge in [-0.05, 0) is 47.0 Å². The molecule has 0 aliphatic carbocycles. The summed E-state index contributed by atoms with van der Waals surface area (Å²) in [4.78, 5) is 0. The van der Waals surface area contributed by atoms with Gasteiger partial charge in [0.1, 0.15) is 12.4 Å². The van der Waals surface area contributed by atoms with E-state index in [1.165, 1.54) is 5.56 Å². The molecule has 0 unspecified atom stereocenters. The minimum Gasteiger partial charge on any atom is -0.491 e. The monoisotopic (exact) mass is 287 g/mol. The highest BCUT2D eigenvalue weighted by Gasteiger charge is 2.05. The van der Waals surface area contributed by atoms with Crippen molar-refractivity contribution in [3.63, 3.8) is 0 Å². The van der Waals surface area contributed by atoms with Gasteiger partial charge in [-0.1, -0.05) is 6.07 Å². The number of hydrogen-bond acceptors (Lipinski definition) is 3. The van der Waals surface area contributed by atoms with Gasteiger partial charge in [-0.3, -0.25) is 0 Å². The van der Waals surface area contributed by atoms with Gasteiger partial charge in [0.05, 0.1) is 11.1 Å². The molecule has 1 aromatic carbocycles. The summed E-state index contributed by atoms with van der Waals surface area (Å²) in [5.41, 5.74) is 2.35. The summed E-state index contributed by atoms with van der Waals surface area (Å²) < 4.78 is 6.67. The highest BCUT2D eigenvalue weighted by atomic mass is 79.9. The van der Waals surface area contributed by atoms with Crippen LogP contribution in [0.1, 0.15) is 11.1 Å². The van der Waals surface area contributed by atoms with Gasteiger partial charge in [-0.25, -0.2) is 0 Å². The van der Waals surface area contributed by atoms with E-state index in [4.69, 9.17) is 9.84 Å². The molecule has 0 aliphatic heterocycles. The summed E-state index contributed by atoms with van der Waals surface area (Å²) in [5.74, 6) is 0.899. The molecule has 1 rings (SSSR count). The third-order valence-corrected chi connectivity index (χ3v) is 2.78. The van der Waals surface area contributed by atoms with Gasteiger partial charge in [0, 0.05) is 13.1 Å². The molecule has 0 radical (unpaired) electrons. The zero-order valence-corrected chi connectivity index (χ0v) is 11.3. The van der Waals surface area contributed by atoms with Crippen molar-refractivity contribution in [2.24, 2.45) is 0 Å². The van der Waals surface area contributed by atoms with Crippen molar-refractivity contribution in [3.05, 3.63) is 27.7 Å². The van der Waals surface area contributed by atoms with Crippen molar-refractivity contribution < 1.29 is 9.84 Å². The van der Waals surface area contributed by atoms with E-state index < -0.39 is 0 Å². The van der Waals surface area contributed by atoms with Crippen LogP contribution in [-0.2, 0) is 0 Å². The highest BCUT2D eigenvalue weighted by Crippen LogP contribution is 2.29. The molecule has 3 nitrogen and oxygen atoms in total. The molecule has 0 amide bonds. The molecular weight excluding hydrogens is 270 g/mol. The second kappa shape index (κ2) is 6.89. The molecule has 90 valence electrons. The fraction of sp³-hybridized carbons (Fsp3) is 0.500. The molecular formula is C12H18BrNO2. The van der Waals surface area contributed by atoms with Crippen LogP contribution in [0.25, 0.3) is 0 Å². The van der Waals surface area contributed by atoms with Gasteiger partial charge in [-0.15, -0.1) is 0 Å². The maximum Gasteiger partial charge on any atom is 0.136 e. The Bertz CT molecular complexity index is 319. The molecule has 0 aromatic heterocycles. The predicted octanol–water partition coefficient (Wildman–Crippen LogP) is 2.03. The van der Waals surface area contributed by atoms with Crippen LogP contribution in [0.2, 0.25) is 0 Å². The van der Waals surface area contributed by atoms with Crippen LogP contribution in [0.15, 0.2) is 16.6 Å². The Balaban J connectivity index is 2.47. The molecule has 4 heteroatoms. The molecule has 0 atom stereocenters. The van der Waals surface area contributed by atoms with Crippen LogP contribution in [0, 0.1) is 13.8 Å². The molecule has 0 saturated heterocycles. The zero-order chi connectivity index (χ0) is 12.0. The lowest BCUT2D eigenvalue weighted by Crippen LogP contribution is -2.24. The maximum atomic E-state index is 8.59. The van der Waals surface area contributed by atoms with E-state index >= 15 is 0 Å². The van der Waals surface area contributed by atoms with Gasteiger partial charge in [0.2, 0.25) is 0 Å². The van der Waals surface area contributed by atoms with Crippen molar-refractivity contribution >= 4 is 15.9 Å². The number of aryl methyl sites for hydroxylation is 2. The number of aliphatic hydroxyl groups is 1. The van der Waals surface area contributed by atoms with E-state index in [2.05, 4.69) is 34.2 Å². The van der Waals surface area contributed by atoms with Gasteiger partial charge >= 0.3 is 0 Å². The third kappa shape index (κ3) is 4.12. The molecule has 0 spiro atoms. The van der Waals surface area contributed by atoms with Crippen LogP contribution in [0.4, 0.5) is 0 Å². The number of rotatable bonds is 6. The standard InChI is InChI=1S/C12H18BrNO2/c1-9-7-10(2)12(11(13)8-9)16-6-4-14-3-5-15/h7-8,14-15H,3-6H2,1-2H3. The zero-order valence-electron chi connectivity index (χ0n) is 9.72. The Kier molecular flexibility index (Phi) is 5.80. The Morgan fingerprint density at radius 3 is 2.69 bits per heavy atom. The molecule has 2 N–H and O–H groups in total. The van der Waals surface area contributed by atoms with Crippen molar-refractivity contribution in [2.45, 2.75) is 13.8 Å². The summed E-state index contributed by atoms with van der Waals surface area (Å²) in [6, 6.07) is 4.14. The Hall–Kier alpha value is -0.580. The van der Waals surface area contributed by atoms with Crippen molar-refractivity contribution in [1.29, 1.82) is 0 Å². The number of halogens is 1. The number of ether oxygens (including phenoxy) is 1. The quantitative estimate of drug-likeness (QED) is 0.787. The van der Waals surface area contributed by atoms with Gasteiger partial charge in [0.15, 0.2) is 0 Å². The Morgan fingerprint density at radius 2 is 2.06 bits per heavy atom. The number of aliphatic hydroxyl groups excluding tert-OH is 1. The highest BCUT2D eigenvalue weighted by molar-refractivity contribution is 9.10. The molecule has 0 saturated carbocycles. The largest absolute Gasteiger partial charge is 0.491 e. The summed E-state index contributed by atoms with van der Waals surface area (Å²) >= 11 is 3.50. The van der Waals surface area contributed by atoms with Crippen LogP contribution < -0.4 is 10.1 Å². The normalized spacial score (nSPS) is 10.5. The first kappa shape index (κ1) is 13.5. The lowest BCUT2D eigenvalue weighted by atomic mass is 10.1. The van der Waals surface area contributed by atoms with Crippen LogP contribution in [0.3, 0.4) is 0 Å². The second-order valence-corrected chi connectivity index (χ2v) is 4.57. The predicted molar refractivity (Wildman–Crippen MR) is 69.1 cm³/mol.